The highest BCUT2D eigenvalue weighted by atomic mass is 16.4. The smallest absolute Gasteiger partial charge is 0.303 e. The van der Waals surface area contributed by atoms with Crippen molar-refractivity contribution in [3.05, 3.63) is 0 Å². The molecule has 2 unspecified atom stereocenters. The summed E-state index contributed by atoms with van der Waals surface area (Å²) >= 11 is 0. The Hall–Kier alpha value is -0.570. The fourth-order valence-corrected chi connectivity index (χ4v) is 5.02. The van der Waals surface area contributed by atoms with E-state index >= 15 is 0 Å². The summed E-state index contributed by atoms with van der Waals surface area (Å²) in [6.07, 6.45) is 10.7. The Balaban J connectivity index is 1.61. The van der Waals surface area contributed by atoms with Crippen LogP contribution in [0.2, 0.25) is 0 Å². The molecule has 1 saturated carbocycles. The van der Waals surface area contributed by atoms with E-state index in [1.807, 2.05) is 0 Å². The zero-order chi connectivity index (χ0) is 14.3. The minimum atomic E-state index is -0.609. The van der Waals surface area contributed by atoms with Crippen molar-refractivity contribution in [2.45, 2.75) is 89.8 Å². The van der Waals surface area contributed by atoms with Gasteiger partial charge in [-0.25, -0.2) is 0 Å². The largest absolute Gasteiger partial charge is 0.481 e. The first kappa shape index (κ1) is 14.4. The highest BCUT2D eigenvalue weighted by Gasteiger charge is 2.45. The second kappa shape index (κ2) is 5.32. The number of rotatable bonds is 3. The molecule has 0 amide bonds. The van der Waals surface area contributed by atoms with E-state index in [1.54, 1.807) is 0 Å². The molecule has 0 radical (unpaired) electrons. The van der Waals surface area contributed by atoms with Gasteiger partial charge in [-0.3, -0.25) is 9.69 Å². The maximum absolute atomic E-state index is 10.9. The van der Waals surface area contributed by atoms with Gasteiger partial charge in [0.15, 0.2) is 0 Å². The molecule has 0 aromatic heterocycles. The molecule has 0 aromatic carbocycles. The summed E-state index contributed by atoms with van der Waals surface area (Å²) in [6.45, 7) is 4.80. The Bertz CT molecular complexity index is 355. The normalized spacial score (nSPS) is 38.0. The van der Waals surface area contributed by atoms with E-state index in [0.717, 1.165) is 18.9 Å². The number of carboxylic acid groups (broad SMARTS) is 1. The Labute approximate surface area is 122 Å². The van der Waals surface area contributed by atoms with Gasteiger partial charge in [-0.2, -0.15) is 0 Å². The predicted molar refractivity (Wildman–Crippen MR) is 79.7 cm³/mol. The van der Waals surface area contributed by atoms with Crippen LogP contribution in [0.15, 0.2) is 0 Å². The van der Waals surface area contributed by atoms with E-state index in [1.165, 1.54) is 38.5 Å². The molecular weight excluding hydrogens is 250 g/mol. The van der Waals surface area contributed by atoms with Crippen molar-refractivity contribution < 1.29 is 9.90 Å². The second-order valence-corrected chi connectivity index (χ2v) is 8.16. The van der Waals surface area contributed by atoms with E-state index in [9.17, 15) is 4.79 Å². The lowest BCUT2D eigenvalue weighted by Gasteiger charge is -2.47. The van der Waals surface area contributed by atoms with Gasteiger partial charge in [0, 0.05) is 24.5 Å². The van der Waals surface area contributed by atoms with Crippen molar-refractivity contribution in [2.75, 3.05) is 0 Å². The standard InChI is InChI=1S/C17H29NO2/c1-17(2)7-5-13(6-8-17)18-14-3-4-15(18)10-12(9-14)11-16(19)20/h12-15H,3-11H2,1-2H3,(H,19,20). The van der Waals surface area contributed by atoms with Crippen molar-refractivity contribution in [2.24, 2.45) is 11.3 Å². The van der Waals surface area contributed by atoms with Gasteiger partial charge in [-0.05, 0) is 62.7 Å². The van der Waals surface area contributed by atoms with Gasteiger partial charge in [0.05, 0.1) is 0 Å². The molecule has 2 bridgehead atoms. The average Bonchev–Trinajstić information content (AvgIpc) is 2.62. The van der Waals surface area contributed by atoms with Crippen LogP contribution in [0.3, 0.4) is 0 Å². The first-order valence-corrected chi connectivity index (χ1v) is 8.44. The molecule has 3 rings (SSSR count). The third-order valence-electron chi connectivity index (χ3n) is 6.08. The highest BCUT2D eigenvalue weighted by molar-refractivity contribution is 5.67. The number of hydrogen-bond acceptors (Lipinski definition) is 2. The summed E-state index contributed by atoms with van der Waals surface area (Å²) in [7, 11) is 0. The van der Waals surface area contributed by atoms with E-state index in [0.29, 0.717) is 29.8 Å². The first-order chi connectivity index (χ1) is 9.44. The zero-order valence-electron chi connectivity index (χ0n) is 13.0. The lowest BCUT2D eigenvalue weighted by Crippen LogP contribution is -2.50. The molecule has 3 heteroatoms. The number of carboxylic acids is 1. The van der Waals surface area contributed by atoms with Gasteiger partial charge in [0.2, 0.25) is 0 Å². The molecule has 20 heavy (non-hydrogen) atoms. The Morgan fingerprint density at radius 2 is 1.60 bits per heavy atom. The molecule has 2 aliphatic heterocycles. The van der Waals surface area contributed by atoms with Crippen LogP contribution in [0, 0.1) is 11.3 Å². The molecule has 3 aliphatic rings. The second-order valence-electron chi connectivity index (χ2n) is 8.16. The molecule has 2 heterocycles. The maximum atomic E-state index is 10.9. The van der Waals surface area contributed by atoms with Crippen LogP contribution in [0.1, 0.15) is 71.6 Å². The molecule has 1 N–H and O–H groups in total. The van der Waals surface area contributed by atoms with E-state index in [-0.39, 0.29) is 0 Å². The van der Waals surface area contributed by atoms with Crippen LogP contribution in [0.25, 0.3) is 0 Å². The van der Waals surface area contributed by atoms with Gasteiger partial charge in [0.1, 0.15) is 0 Å². The summed E-state index contributed by atoms with van der Waals surface area (Å²) < 4.78 is 0. The van der Waals surface area contributed by atoms with Crippen LogP contribution in [-0.4, -0.2) is 34.1 Å². The maximum Gasteiger partial charge on any atom is 0.303 e. The highest BCUT2D eigenvalue weighted by Crippen LogP contribution is 2.45. The molecule has 2 atom stereocenters. The number of carbonyl (C=O) groups is 1. The number of piperidine rings is 1. The van der Waals surface area contributed by atoms with Gasteiger partial charge < -0.3 is 5.11 Å². The van der Waals surface area contributed by atoms with Crippen molar-refractivity contribution >= 4 is 5.97 Å². The Morgan fingerprint density at radius 1 is 1.05 bits per heavy atom. The van der Waals surface area contributed by atoms with Crippen molar-refractivity contribution in [1.29, 1.82) is 0 Å². The van der Waals surface area contributed by atoms with Crippen LogP contribution in [0.4, 0.5) is 0 Å². The predicted octanol–water partition coefficient (Wildman–Crippen LogP) is 3.67. The molecule has 3 fully saturated rings. The number of nitrogens with zero attached hydrogens (tertiary/aromatic N) is 1. The van der Waals surface area contributed by atoms with Crippen molar-refractivity contribution in [3.63, 3.8) is 0 Å². The molecule has 0 spiro atoms. The van der Waals surface area contributed by atoms with Crippen LogP contribution >= 0.6 is 0 Å². The zero-order valence-corrected chi connectivity index (χ0v) is 13.0. The molecule has 2 saturated heterocycles. The third-order valence-corrected chi connectivity index (χ3v) is 6.08. The van der Waals surface area contributed by atoms with Crippen LogP contribution in [-0.2, 0) is 4.79 Å². The summed E-state index contributed by atoms with van der Waals surface area (Å²) in [5, 5.41) is 9.02. The first-order valence-electron chi connectivity index (χ1n) is 8.44. The Morgan fingerprint density at radius 3 is 2.10 bits per heavy atom. The van der Waals surface area contributed by atoms with Crippen LogP contribution < -0.4 is 0 Å². The van der Waals surface area contributed by atoms with Crippen molar-refractivity contribution in [1.82, 2.24) is 4.90 Å². The van der Waals surface area contributed by atoms with E-state index in [4.69, 9.17) is 5.11 Å². The van der Waals surface area contributed by atoms with Gasteiger partial charge in [-0.1, -0.05) is 13.8 Å². The molecule has 114 valence electrons. The monoisotopic (exact) mass is 279 g/mol. The van der Waals surface area contributed by atoms with Gasteiger partial charge in [0.25, 0.3) is 0 Å². The average molecular weight is 279 g/mol. The van der Waals surface area contributed by atoms with Crippen LogP contribution in [0.5, 0.6) is 0 Å². The van der Waals surface area contributed by atoms with Gasteiger partial charge in [-0.15, -0.1) is 0 Å². The number of hydrogen-bond donors (Lipinski definition) is 1. The molecule has 0 aromatic rings. The molecule has 3 nitrogen and oxygen atoms in total. The fourth-order valence-electron chi connectivity index (χ4n) is 5.02. The van der Waals surface area contributed by atoms with E-state index < -0.39 is 5.97 Å². The van der Waals surface area contributed by atoms with Gasteiger partial charge >= 0.3 is 5.97 Å². The van der Waals surface area contributed by atoms with E-state index in [2.05, 4.69) is 18.7 Å². The lowest BCUT2D eigenvalue weighted by atomic mass is 9.74. The minimum absolute atomic E-state index is 0.387. The summed E-state index contributed by atoms with van der Waals surface area (Å²) in [5.74, 6) is -0.177. The summed E-state index contributed by atoms with van der Waals surface area (Å²) in [6, 6.07) is 2.15. The van der Waals surface area contributed by atoms with Crippen molar-refractivity contribution in [3.8, 4) is 0 Å². The summed E-state index contributed by atoms with van der Waals surface area (Å²) in [5.41, 5.74) is 0.539. The quantitative estimate of drug-likeness (QED) is 0.857. The minimum Gasteiger partial charge on any atom is -0.481 e. The molecule has 1 aliphatic carbocycles. The molecular formula is C17H29NO2. The SMILES string of the molecule is CC1(C)CCC(N2C3CCC2CC(CC(=O)O)C3)CC1. The number of fused-ring (bicyclic) bond motifs is 2. The Kier molecular flexibility index (Phi) is 3.83. The number of aliphatic carboxylic acids is 1. The summed E-state index contributed by atoms with van der Waals surface area (Å²) in [4.78, 5) is 13.8. The lowest BCUT2D eigenvalue weighted by molar-refractivity contribution is -0.138. The fraction of sp³-hybridized carbons (Fsp3) is 0.941. The third kappa shape index (κ3) is 2.88. The topological polar surface area (TPSA) is 40.5 Å².